The maximum atomic E-state index is 10.9. The Morgan fingerprint density at radius 3 is 3.10 bits per heavy atom. The van der Waals surface area contributed by atoms with E-state index in [1.165, 1.54) is 12.1 Å². The molecule has 0 radical (unpaired) electrons. The molecule has 8 heteroatoms. The van der Waals surface area contributed by atoms with Crippen LogP contribution in [0.1, 0.15) is 19.8 Å². The van der Waals surface area contributed by atoms with E-state index in [0.717, 1.165) is 19.4 Å². The number of pyridine rings is 1. The van der Waals surface area contributed by atoms with Gasteiger partial charge in [0.25, 0.3) is 5.69 Å². The molecule has 0 aliphatic carbocycles. The van der Waals surface area contributed by atoms with Crippen molar-refractivity contribution in [3.8, 4) is 0 Å². The minimum Gasteiger partial charge on any atom is -0.377 e. The zero-order valence-corrected chi connectivity index (χ0v) is 11.4. The lowest BCUT2D eigenvalue weighted by molar-refractivity contribution is -0.384. The number of hydrogen-bond donors (Lipinski definition) is 2. The third kappa shape index (κ3) is 3.34. The molecule has 1 aliphatic rings. The van der Waals surface area contributed by atoms with Gasteiger partial charge in [-0.2, -0.15) is 0 Å². The number of hydrogen-bond acceptors (Lipinski definition) is 7. The van der Waals surface area contributed by atoms with Gasteiger partial charge in [-0.3, -0.25) is 10.1 Å². The highest BCUT2D eigenvalue weighted by atomic mass is 16.6. The maximum absolute atomic E-state index is 10.9. The van der Waals surface area contributed by atoms with Crippen LogP contribution < -0.4 is 16.2 Å². The highest BCUT2D eigenvalue weighted by molar-refractivity contribution is 5.55. The van der Waals surface area contributed by atoms with Crippen molar-refractivity contribution in [3.05, 3.63) is 22.2 Å². The van der Waals surface area contributed by atoms with Gasteiger partial charge in [-0.25, -0.2) is 10.8 Å². The fourth-order valence-electron chi connectivity index (χ4n) is 2.36. The zero-order valence-electron chi connectivity index (χ0n) is 11.4. The Labute approximate surface area is 117 Å². The van der Waals surface area contributed by atoms with Crippen LogP contribution in [0.2, 0.25) is 0 Å². The first-order valence-corrected chi connectivity index (χ1v) is 6.63. The minimum absolute atomic E-state index is 0.0264. The molecular formula is C12H19N5O3. The molecular weight excluding hydrogens is 262 g/mol. The lowest BCUT2D eigenvalue weighted by Crippen LogP contribution is -2.40. The van der Waals surface area contributed by atoms with Crippen LogP contribution in [0.5, 0.6) is 0 Å². The first-order chi connectivity index (χ1) is 9.63. The molecule has 110 valence electrons. The van der Waals surface area contributed by atoms with Gasteiger partial charge in [0, 0.05) is 19.7 Å². The molecule has 0 saturated carbocycles. The Morgan fingerprint density at radius 1 is 1.65 bits per heavy atom. The molecule has 1 atom stereocenters. The fraction of sp³-hybridized carbons (Fsp3) is 0.583. The monoisotopic (exact) mass is 281 g/mol. The van der Waals surface area contributed by atoms with E-state index in [4.69, 9.17) is 10.6 Å². The van der Waals surface area contributed by atoms with Crippen molar-refractivity contribution in [1.82, 2.24) is 4.98 Å². The van der Waals surface area contributed by atoms with Gasteiger partial charge in [-0.05, 0) is 19.8 Å². The summed E-state index contributed by atoms with van der Waals surface area (Å²) in [5, 5.41) is 10.9. The average Bonchev–Trinajstić information content (AvgIpc) is 2.47. The van der Waals surface area contributed by atoms with Crippen LogP contribution >= 0.6 is 0 Å². The van der Waals surface area contributed by atoms with Crippen molar-refractivity contribution >= 4 is 17.3 Å². The quantitative estimate of drug-likeness (QED) is 0.475. The Kier molecular flexibility index (Phi) is 4.70. The molecule has 0 spiro atoms. The van der Waals surface area contributed by atoms with Crippen molar-refractivity contribution in [2.75, 3.05) is 30.0 Å². The number of nitrogens with zero attached hydrogens (tertiary/aromatic N) is 3. The second kappa shape index (κ2) is 6.49. The predicted octanol–water partition coefficient (Wildman–Crippen LogP) is 1.28. The van der Waals surface area contributed by atoms with E-state index < -0.39 is 4.92 Å². The van der Waals surface area contributed by atoms with Crippen LogP contribution in [-0.2, 0) is 4.74 Å². The normalized spacial score (nSPS) is 18.9. The van der Waals surface area contributed by atoms with E-state index in [-0.39, 0.29) is 17.6 Å². The number of ether oxygens (including phenoxy) is 1. The number of piperidine rings is 1. The largest absolute Gasteiger partial charge is 0.377 e. The summed E-state index contributed by atoms with van der Waals surface area (Å²) < 4.78 is 5.63. The Balaban J connectivity index is 2.22. The molecule has 1 aliphatic heterocycles. The van der Waals surface area contributed by atoms with Crippen molar-refractivity contribution in [2.45, 2.75) is 25.9 Å². The van der Waals surface area contributed by atoms with Crippen LogP contribution in [0.3, 0.4) is 0 Å². The van der Waals surface area contributed by atoms with E-state index >= 15 is 0 Å². The van der Waals surface area contributed by atoms with Gasteiger partial charge in [0.05, 0.1) is 23.2 Å². The number of nitrogens with two attached hydrogens (primary N) is 1. The second-order valence-electron chi connectivity index (χ2n) is 4.64. The lowest BCUT2D eigenvalue weighted by atomic mass is 10.1. The summed E-state index contributed by atoms with van der Waals surface area (Å²) in [4.78, 5) is 16.8. The molecule has 20 heavy (non-hydrogen) atoms. The van der Waals surface area contributed by atoms with E-state index in [1.54, 1.807) is 0 Å². The first-order valence-electron chi connectivity index (χ1n) is 6.63. The topological polar surface area (TPSA) is 107 Å². The van der Waals surface area contributed by atoms with Gasteiger partial charge in [0.1, 0.15) is 11.6 Å². The minimum atomic E-state index is -0.448. The molecule has 1 unspecified atom stereocenters. The summed E-state index contributed by atoms with van der Waals surface area (Å²) in [6.07, 6.45) is 2.12. The summed E-state index contributed by atoms with van der Waals surface area (Å²) in [6.45, 7) is 4.12. The van der Waals surface area contributed by atoms with Crippen LogP contribution in [0.25, 0.3) is 0 Å². The molecule has 0 amide bonds. The van der Waals surface area contributed by atoms with Gasteiger partial charge >= 0.3 is 0 Å². The summed E-state index contributed by atoms with van der Waals surface area (Å²) in [5.74, 6) is 6.15. The molecule has 3 N–H and O–H groups in total. The Morgan fingerprint density at radius 2 is 2.45 bits per heavy atom. The molecule has 8 nitrogen and oxygen atoms in total. The summed E-state index contributed by atoms with van der Waals surface area (Å²) in [7, 11) is 0. The van der Waals surface area contributed by atoms with E-state index in [2.05, 4.69) is 10.4 Å². The van der Waals surface area contributed by atoms with Crippen molar-refractivity contribution in [3.63, 3.8) is 0 Å². The SMILES string of the molecule is CCOC1CCCN(c2cc([N+](=O)[O-])cc(NN)n2)C1. The van der Waals surface area contributed by atoms with Crippen LogP contribution in [-0.4, -0.2) is 35.7 Å². The number of anilines is 2. The Hall–Kier alpha value is -1.93. The van der Waals surface area contributed by atoms with Gasteiger partial charge in [0.15, 0.2) is 0 Å². The second-order valence-corrected chi connectivity index (χ2v) is 4.64. The molecule has 1 fully saturated rings. The van der Waals surface area contributed by atoms with E-state index in [1.807, 2.05) is 11.8 Å². The zero-order chi connectivity index (χ0) is 14.5. The molecule has 2 heterocycles. The third-order valence-electron chi connectivity index (χ3n) is 3.26. The smallest absolute Gasteiger partial charge is 0.276 e. The van der Waals surface area contributed by atoms with Gasteiger partial charge in [0.2, 0.25) is 0 Å². The van der Waals surface area contributed by atoms with Crippen molar-refractivity contribution < 1.29 is 9.66 Å². The number of rotatable bonds is 5. The summed E-state index contributed by atoms with van der Waals surface area (Å²) in [5.41, 5.74) is 2.34. The molecule has 2 rings (SSSR count). The van der Waals surface area contributed by atoms with E-state index in [0.29, 0.717) is 19.0 Å². The van der Waals surface area contributed by atoms with Gasteiger partial charge in [-0.1, -0.05) is 0 Å². The predicted molar refractivity (Wildman–Crippen MR) is 75.6 cm³/mol. The Bertz CT molecular complexity index is 480. The standard InChI is InChI=1S/C12H19N5O3/c1-2-20-10-4-3-5-16(8-10)12-7-9(17(18)19)6-11(14-12)15-13/h6-7,10H,2-5,8,13H2,1H3,(H,14,15). The van der Waals surface area contributed by atoms with Crippen molar-refractivity contribution in [1.29, 1.82) is 0 Å². The first kappa shape index (κ1) is 14.5. The molecule has 0 aromatic carbocycles. The van der Waals surface area contributed by atoms with Crippen molar-refractivity contribution in [2.24, 2.45) is 5.84 Å². The highest BCUT2D eigenvalue weighted by Gasteiger charge is 2.23. The number of aromatic nitrogens is 1. The third-order valence-corrected chi connectivity index (χ3v) is 3.26. The lowest BCUT2D eigenvalue weighted by Gasteiger charge is -2.33. The van der Waals surface area contributed by atoms with Crippen LogP contribution in [0, 0.1) is 10.1 Å². The van der Waals surface area contributed by atoms with Gasteiger partial charge < -0.3 is 15.1 Å². The fourth-order valence-corrected chi connectivity index (χ4v) is 2.36. The number of hydrazine groups is 1. The molecule has 1 aromatic rings. The molecule has 0 bridgehead atoms. The van der Waals surface area contributed by atoms with E-state index in [9.17, 15) is 10.1 Å². The van der Waals surface area contributed by atoms with Crippen LogP contribution in [0.15, 0.2) is 12.1 Å². The molecule has 1 saturated heterocycles. The van der Waals surface area contributed by atoms with Gasteiger partial charge in [-0.15, -0.1) is 0 Å². The highest BCUT2D eigenvalue weighted by Crippen LogP contribution is 2.25. The number of nitrogens with one attached hydrogen (secondary N) is 1. The number of nitrogen functional groups attached to an aromatic ring is 1. The maximum Gasteiger partial charge on any atom is 0.276 e. The molecule has 1 aromatic heterocycles. The summed E-state index contributed by atoms with van der Waals surface area (Å²) >= 11 is 0. The van der Waals surface area contributed by atoms with Crippen LogP contribution in [0.4, 0.5) is 17.3 Å². The average molecular weight is 281 g/mol. The summed E-state index contributed by atoms with van der Waals surface area (Å²) in [6, 6.07) is 2.78. The number of nitro groups is 1.